The van der Waals surface area contributed by atoms with Crippen LogP contribution in [0.3, 0.4) is 0 Å². The van der Waals surface area contributed by atoms with Crippen LogP contribution in [0.25, 0.3) is 0 Å². The molecule has 1 saturated heterocycles. The molecule has 3 N–H and O–H groups in total. The van der Waals surface area contributed by atoms with Gasteiger partial charge in [0.15, 0.2) is 0 Å². The highest BCUT2D eigenvalue weighted by atomic mass is 19.1. The summed E-state index contributed by atoms with van der Waals surface area (Å²) in [6, 6.07) is 4.96. The molecule has 1 heterocycles. The lowest BCUT2D eigenvalue weighted by Gasteiger charge is -2.38. The van der Waals surface area contributed by atoms with Crippen LogP contribution in [0.5, 0.6) is 0 Å². The Morgan fingerprint density at radius 3 is 3.00 bits per heavy atom. The van der Waals surface area contributed by atoms with Gasteiger partial charge in [-0.05, 0) is 38.4 Å². The molecule has 1 aromatic carbocycles. The Balaban J connectivity index is 2.38. The number of carbonyl (C=O) groups excluding carboxylic acids is 1. The summed E-state index contributed by atoms with van der Waals surface area (Å²) >= 11 is 0. The fraction of sp³-hybridized carbons (Fsp3) is 0.500. The topological polar surface area (TPSA) is 58.4 Å². The van der Waals surface area contributed by atoms with E-state index in [1.54, 1.807) is 12.1 Å². The number of nitrogens with zero attached hydrogens (tertiary/aromatic N) is 1. The predicted molar refractivity (Wildman–Crippen MR) is 73.8 cm³/mol. The van der Waals surface area contributed by atoms with Gasteiger partial charge in [0.05, 0.1) is 11.3 Å². The van der Waals surface area contributed by atoms with Crippen LogP contribution in [0.2, 0.25) is 0 Å². The van der Waals surface area contributed by atoms with E-state index in [1.807, 2.05) is 7.05 Å². The summed E-state index contributed by atoms with van der Waals surface area (Å²) in [6.07, 6.45) is 3.24. The molecule has 0 spiro atoms. The summed E-state index contributed by atoms with van der Waals surface area (Å²) in [5.74, 6) is -1.25. The number of carbonyl (C=O) groups is 1. The number of hydrogen-bond donors (Lipinski definition) is 2. The Bertz CT molecular complexity index is 462. The van der Waals surface area contributed by atoms with Gasteiger partial charge in [0, 0.05) is 19.1 Å². The molecule has 0 aromatic heterocycles. The Hall–Kier alpha value is -1.62. The lowest BCUT2D eigenvalue weighted by atomic mass is 9.99. The van der Waals surface area contributed by atoms with Crippen molar-refractivity contribution in [2.45, 2.75) is 25.3 Å². The third kappa shape index (κ3) is 2.87. The van der Waals surface area contributed by atoms with Crippen molar-refractivity contribution in [2.75, 3.05) is 25.0 Å². The number of primary amides is 1. The lowest BCUT2D eigenvalue weighted by Crippen LogP contribution is -2.45. The number of amides is 1. The van der Waals surface area contributed by atoms with Gasteiger partial charge in [-0.15, -0.1) is 0 Å². The zero-order chi connectivity index (χ0) is 13.8. The molecule has 1 aliphatic rings. The summed E-state index contributed by atoms with van der Waals surface area (Å²) in [5.41, 5.74) is 5.94. The number of likely N-dealkylation sites (N-methyl/N-ethyl adjacent to an activating group) is 1. The summed E-state index contributed by atoms with van der Waals surface area (Å²) in [5, 5.41) is 3.15. The minimum Gasteiger partial charge on any atom is -0.367 e. The number of nitrogens with two attached hydrogens (primary N) is 1. The molecule has 0 bridgehead atoms. The first kappa shape index (κ1) is 13.8. The second-order valence-corrected chi connectivity index (χ2v) is 4.90. The van der Waals surface area contributed by atoms with Crippen LogP contribution in [-0.2, 0) is 0 Å². The van der Waals surface area contributed by atoms with Gasteiger partial charge in [0.1, 0.15) is 5.82 Å². The molecule has 0 saturated carbocycles. The minimum absolute atomic E-state index is 0.00510. The second kappa shape index (κ2) is 6.02. The maximum Gasteiger partial charge on any atom is 0.253 e. The van der Waals surface area contributed by atoms with Crippen molar-refractivity contribution in [3.63, 3.8) is 0 Å². The van der Waals surface area contributed by atoms with E-state index in [4.69, 9.17) is 5.73 Å². The van der Waals surface area contributed by atoms with Crippen molar-refractivity contribution in [1.82, 2.24) is 5.32 Å². The number of nitrogens with one attached hydrogen (secondary N) is 1. The second-order valence-electron chi connectivity index (χ2n) is 4.90. The van der Waals surface area contributed by atoms with E-state index >= 15 is 0 Å². The van der Waals surface area contributed by atoms with E-state index in [1.165, 1.54) is 6.07 Å². The van der Waals surface area contributed by atoms with Crippen molar-refractivity contribution in [3.05, 3.63) is 29.6 Å². The predicted octanol–water partition coefficient (Wildman–Crippen LogP) is 1.50. The van der Waals surface area contributed by atoms with Gasteiger partial charge >= 0.3 is 0 Å². The third-order valence-corrected chi connectivity index (χ3v) is 3.61. The van der Waals surface area contributed by atoms with E-state index in [0.717, 1.165) is 32.4 Å². The van der Waals surface area contributed by atoms with Crippen LogP contribution in [0, 0.1) is 5.82 Å². The number of hydrogen-bond acceptors (Lipinski definition) is 3. The molecule has 1 amide bonds. The Kier molecular flexibility index (Phi) is 4.37. The molecule has 104 valence electrons. The Morgan fingerprint density at radius 2 is 2.32 bits per heavy atom. The van der Waals surface area contributed by atoms with Crippen LogP contribution < -0.4 is 16.0 Å². The van der Waals surface area contributed by atoms with Gasteiger partial charge in [-0.1, -0.05) is 6.07 Å². The minimum atomic E-state index is -0.707. The maximum absolute atomic E-state index is 13.8. The summed E-state index contributed by atoms with van der Waals surface area (Å²) in [7, 11) is 1.90. The fourth-order valence-electron chi connectivity index (χ4n) is 2.76. The third-order valence-electron chi connectivity index (χ3n) is 3.61. The standard InChI is InChI=1S/C14H20FN3O/c1-17-9-10-5-2-3-8-18(10)12-7-4-6-11(15)13(12)14(16)19/h4,6-7,10,17H,2-3,5,8-9H2,1H3,(H2,16,19). The molecule has 2 rings (SSSR count). The van der Waals surface area contributed by atoms with Crippen LogP contribution in [0.15, 0.2) is 18.2 Å². The zero-order valence-corrected chi connectivity index (χ0v) is 11.2. The molecule has 1 fully saturated rings. The van der Waals surface area contributed by atoms with Gasteiger partial charge in [-0.3, -0.25) is 4.79 Å². The first-order valence-electron chi connectivity index (χ1n) is 6.64. The number of halogens is 1. The molecule has 1 aliphatic heterocycles. The van der Waals surface area contributed by atoms with Crippen LogP contribution in [0.1, 0.15) is 29.6 Å². The SMILES string of the molecule is CNCC1CCCCN1c1cccc(F)c1C(N)=O. The van der Waals surface area contributed by atoms with Gasteiger partial charge in [0.25, 0.3) is 5.91 Å². The number of benzene rings is 1. The lowest BCUT2D eigenvalue weighted by molar-refractivity contribution is 0.0997. The van der Waals surface area contributed by atoms with Crippen LogP contribution in [0.4, 0.5) is 10.1 Å². The summed E-state index contributed by atoms with van der Waals surface area (Å²) in [6.45, 7) is 1.64. The molecule has 5 heteroatoms. The van der Waals surface area contributed by atoms with E-state index in [0.29, 0.717) is 5.69 Å². The molecule has 0 radical (unpaired) electrons. The fourth-order valence-corrected chi connectivity index (χ4v) is 2.76. The van der Waals surface area contributed by atoms with Gasteiger partial charge in [-0.2, -0.15) is 0 Å². The Labute approximate surface area is 112 Å². The van der Waals surface area contributed by atoms with Crippen molar-refractivity contribution in [2.24, 2.45) is 5.73 Å². The highest BCUT2D eigenvalue weighted by molar-refractivity contribution is 5.99. The molecular formula is C14H20FN3O. The number of rotatable bonds is 4. The Morgan fingerprint density at radius 1 is 1.53 bits per heavy atom. The molecule has 4 nitrogen and oxygen atoms in total. The first-order chi connectivity index (χ1) is 9.15. The van der Waals surface area contributed by atoms with Crippen LogP contribution >= 0.6 is 0 Å². The normalized spacial score (nSPS) is 19.5. The van der Waals surface area contributed by atoms with E-state index < -0.39 is 11.7 Å². The molecular weight excluding hydrogens is 245 g/mol. The summed E-state index contributed by atoms with van der Waals surface area (Å²) in [4.78, 5) is 13.6. The molecule has 1 aromatic rings. The zero-order valence-electron chi connectivity index (χ0n) is 11.2. The van der Waals surface area contributed by atoms with Crippen molar-refractivity contribution in [1.29, 1.82) is 0 Å². The van der Waals surface area contributed by atoms with Crippen molar-refractivity contribution >= 4 is 11.6 Å². The van der Waals surface area contributed by atoms with Crippen molar-refractivity contribution in [3.8, 4) is 0 Å². The average Bonchev–Trinajstić information content (AvgIpc) is 2.39. The monoisotopic (exact) mass is 265 g/mol. The smallest absolute Gasteiger partial charge is 0.253 e. The molecule has 19 heavy (non-hydrogen) atoms. The maximum atomic E-state index is 13.8. The van der Waals surface area contributed by atoms with Gasteiger partial charge in [-0.25, -0.2) is 4.39 Å². The molecule has 1 atom stereocenters. The van der Waals surface area contributed by atoms with Crippen molar-refractivity contribution < 1.29 is 9.18 Å². The summed E-state index contributed by atoms with van der Waals surface area (Å²) < 4.78 is 13.8. The van der Waals surface area contributed by atoms with Crippen LogP contribution in [-0.4, -0.2) is 32.1 Å². The van der Waals surface area contributed by atoms with E-state index in [9.17, 15) is 9.18 Å². The molecule has 0 aliphatic carbocycles. The highest BCUT2D eigenvalue weighted by Crippen LogP contribution is 2.29. The van der Waals surface area contributed by atoms with E-state index in [-0.39, 0.29) is 11.6 Å². The van der Waals surface area contributed by atoms with Gasteiger partial charge in [0.2, 0.25) is 0 Å². The number of piperidine rings is 1. The highest BCUT2D eigenvalue weighted by Gasteiger charge is 2.26. The number of anilines is 1. The largest absolute Gasteiger partial charge is 0.367 e. The van der Waals surface area contributed by atoms with Gasteiger partial charge < -0.3 is 16.0 Å². The quantitative estimate of drug-likeness (QED) is 0.867. The molecule has 1 unspecified atom stereocenters. The first-order valence-corrected chi connectivity index (χ1v) is 6.64. The average molecular weight is 265 g/mol. The van der Waals surface area contributed by atoms with E-state index in [2.05, 4.69) is 10.2 Å².